The van der Waals surface area contributed by atoms with Gasteiger partial charge in [-0.3, -0.25) is 0 Å². The van der Waals surface area contributed by atoms with Crippen LogP contribution < -0.4 is 0 Å². The molecule has 5 nitrogen and oxygen atoms in total. The lowest BCUT2D eigenvalue weighted by Crippen LogP contribution is -2.27. The third-order valence-electron chi connectivity index (χ3n) is 17.6. The maximum atomic E-state index is 5.52. The lowest BCUT2D eigenvalue weighted by molar-refractivity contribution is 0.754. The Labute approximate surface area is 469 Å². The molecular formula is C76H47N5. The van der Waals surface area contributed by atoms with Gasteiger partial charge in [0.2, 0.25) is 0 Å². The Morgan fingerprint density at radius 1 is 0.222 bits per heavy atom. The van der Waals surface area contributed by atoms with Gasteiger partial charge in [0.15, 0.2) is 23.3 Å². The number of benzene rings is 11. The Morgan fingerprint density at radius 3 is 1.11 bits per heavy atom. The average Bonchev–Trinajstić information content (AvgIpc) is 3.26. The average molecular weight is 1030 g/mol. The molecule has 2 heterocycles. The summed E-state index contributed by atoms with van der Waals surface area (Å²) in [6, 6.07) is 98.9. The van der Waals surface area contributed by atoms with E-state index >= 15 is 0 Å². The molecule has 0 amide bonds. The molecule has 13 aromatic rings. The fourth-order valence-electron chi connectivity index (χ4n) is 14.2. The van der Waals surface area contributed by atoms with Crippen LogP contribution in [0.3, 0.4) is 0 Å². The van der Waals surface area contributed by atoms with Gasteiger partial charge in [0, 0.05) is 45.2 Å². The summed E-state index contributed by atoms with van der Waals surface area (Å²) in [5.74, 6) is 2.67. The second-order valence-electron chi connectivity index (χ2n) is 21.7. The minimum Gasteiger partial charge on any atom is -0.228 e. The van der Waals surface area contributed by atoms with Crippen LogP contribution in [0.4, 0.5) is 0 Å². The van der Waals surface area contributed by atoms with Crippen molar-refractivity contribution in [3.05, 3.63) is 329 Å². The molecule has 1 spiro atoms. The molecule has 5 aliphatic rings. The van der Waals surface area contributed by atoms with Crippen molar-refractivity contribution in [3.63, 3.8) is 0 Å². The molecule has 81 heavy (non-hydrogen) atoms. The van der Waals surface area contributed by atoms with Gasteiger partial charge in [-0.05, 0) is 107 Å². The van der Waals surface area contributed by atoms with Crippen molar-refractivity contribution in [2.45, 2.75) is 17.3 Å². The van der Waals surface area contributed by atoms with Crippen molar-refractivity contribution in [1.82, 2.24) is 24.9 Å². The normalized spacial score (nSPS) is 15.0. The first-order valence-electron chi connectivity index (χ1n) is 27.9. The second-order valence-corrected chi connectivity index (χ2v) is 21.7. The van der Waals surface area contributed by atoms with Gasteiger partial charge in [-0.25, -0.2) is 24.9 Å². The van der Waals surface area contributed by atoms with Gasteiger partial charge >= 0.3 is 0 Å². The molecule has 5 aliphatic carbocycles. The zero-order valence-corrected chi connectivity index (χ0v) is 43.9. The third-order valence-corrected chi connectivity index (χ3v) is 17.6. The molecule has 2 unspecified atom stereocenters. The van der Waals surface area contributed by atoms with E-state index in [-0.39, 0.29) is 11.8 Å². The number of hydrogen-bond donors (Lipinski definition) is 0. The summed E-state index contributed by atoms with van der Waals surface area (Å²) in [5.41, 5.74) is 27.8. The van der Waals surface area contributed by atoms with Crippen LogP contribution in [-0.2, 0) is 5.41 Å². The van der Waals surface area contributed by atoms with Crippen LogP contribution in [0, 0.1) is 0 Å². The van der Waals surface area contributed by atoms with E-state index in [9.17, 15) is 0 Å². The highest BCUT2D eigenvalue weighted by Crippen LogP contribution is 2.65. The molecule has 2 aromatic heterocycles. The molecule has 2 atom stereocenters. The predicted octanol–water partition coefficient (Wildman–Crippen LogP) is 17.7. The highest BCUT2D eigenvalue weighted by Gasteiger charge is 2.53. The quantitative estimate of drug-likeness (QED) is 0.159. The van der Waals surface area contributed by atoms with E-state index in [4.69, 9.17) is 24.9 Å². The fourth-order valence-corrected chi connectivity index (χ4v) is 14.2. The van der Waals surface area contributed by atoms with Crippen molar-refractivity contribution in [1.29, 1.82) is 0 Å². The van der Waals surface area contributed by atoms with Crippen molar-refractivity contribution >= 4 is 0 Å². The first-order chi connectivity index (χ1) is 40.2. The molecule has 0 saturated heterocycles. The van der Waals surface area contributed by atoms with E-state index in [1.165, 1.54) is 83.5 Å². The second kappa shape index (κ2) is 17.8. The van der Waals surface area contributed by atoms with Crippen LogP contribution in [0.25, 0.3) is 101 Å². The maximum Gasteiger partial charge on any atom is 0.164 e. The largest absolute Gasteiger partial charge is 0.228 e. The first-order valence-corrected chi connectivity index (χ1v) is 27.9. The van der Waals surface area contributed by atoms with Gasteiger partial charge in [0.1, 0.15) is 0 Å². The Morgan fingerprint density at radius 2 is 0.580 bits per heavy atom. The molecule has 18 rings (SSSR count). The molecule has 0 aliphatic heterocycles. The summed E-state index contributed by atoms with van der Waals surface area (Å²) in [6.45, 7) is 0. The molecule has 376 valence electrons. The number of aromatic nitrogens is 5. The lowest BCUT2D eigenvalue weighted by Gasteiger charge is -2.42. The topological polar surface area (TPSA) is 64.5 Å². The van der Waals surface area contributed by atoms with Crippen LogP contribution in [0.2, 0.25) is 0 Å². The smallest absolute Gasteiger partial charge is 0.164 e. The van der Waals surface area contributed by atoms with Crippen LogP contribution >= 0.6 is 0 Å². The summed E-state index contributed by atoms with van der Waals surface area (Å²) in [4.78, 5) is 26.3. The Kier molecular flexibility index (Phi) is 9.98. The molecule has 0 radical (unpaired) electrons. The number of hydrogen-bond acceptors (Lipinski definition) is 5. The van der Waals surface area contributed by atoms with Gasteiger partial charge in [-0.1, -0.05) is 255 Å². The van der Waals surface area contributed by atoms with Crippen LogP contribution in [0.1, 0.15) is 67.5 Å². The minimum atomic E-state index is -0.513. The SMILES string of the molecule is c1ccc(-c2nc(-c3ccc4c(c3)C3c5ccccc5C4c4cc(-c5nc(-c6ccccc6)nc(-c6ccccc6)n5)ccc43)cc(-c3ccccc3-c3cccc4c3C3(c5ccccc5-c5ccccc53)c3ccccc3-4)n2)cc1. The molecule has 0 saturated carbocycles. The van der Waals surface area contributed by atoms with E-state index in [2.05, 4.69) is 237 Å². The van der Waals surface area contributed by atoms with Gasteiger partial charge in [0.05, 0.1) is 16.8 Å². The summed E-state index contributed by atoms with van der Waals surface area (Å²) < 4.78 is 0. The molecule has 5 heteroatoms. The third kappa shape index (κ3) is 6.76. The first kappa shape index (κ1) is 45.5. The van der Waals surface area contributed by atoms with E-state index in [1.807, 2.05) is 36.4 Å². The van der Waals surface area contributed by atoms with Gasteiger partial charge in [0.25, 0.3) is 0 Å². The monoisotopic (exact) mass is 1030 g/mol. The van der Waals surface area contributed by atoms with Crippen molar-refractivity contribution in [2.75, 3.05) is 0 Å². The predicted molar refractivity (Wildman–Crippen MR) is 325 cm³/mol. The van der Waals surface area contributed by atoms with Gasteiger partial charge < -0.3 is 0 Å². The number of fused-ring (bicyclic) bond motifs is 10. The molecule has 11 aromatic carbocycles. The molecule has 0 N–H and O–H groups in total. The van der Waals surface area contributed by atoms with Gasteiger partial charge in [-0.2, -0.15) is 0 Å². The number of rotatable bonds is 7. The number of nitrogens with zero attached hydrogens (tertiary/aromatic N) is 5. The maximum absolute atomic E-state index is 5.52. The van der Waals surface area contributed by atoms with E-state index in [0.29, 0.717) is 23.3 Å². The summed E-state index contributed by atoms with van der Waals surface area (Å²) >= 11 is 0. The lowest BCUT2D eigenvalue weighted by atomic mass is 9.60. The molecule has 2 bridgehead atoms. The Bertz CT molecular complexity index is 4600. The van der Waals surface area contributed by atoms with E-state index < -0.39 is 5.41 Å². The van der Waals surface area contributed by atoms with Crippen LogP contribution in [0.5, 0.6) is 0 Å². The highest BCUT2D eigenvalue weighted by atomic mass is 15.0. The molecule has 0 fully saturated rings. The zero-order valence-electron chi connectivity index (χ0n) is 43.9. The van der Waals surface area contributed by atoms with E-state index in [1.54, 1.807) is 0 Å². The Balaban J connectivity index is 0.816. The highest BCUT2D eigenvalue weighted by molar-refractivity contribution is 6.00. The van der Waals surface area contributed by atoms with Crippen molar-refractivity contribution in [3.8, 4) is 101 Å². The fraction of sp³-hybridized carbons (Fsp3) is 0.0395. The van der Waals surface area contributed by atoms with Crippen molar-refractivity contribution in [2.24, 2.45) is 0 Å². The van der Waals surface area contributed by atoms with Crippen LogP contribution in [-0.4, -0.2) is 24.9 Å². The minimum absolute atomic E-state index is 0.0152. The van der Waals surface area contributed by atoms with Crippen molar-refractivity contribution < 1.29 is 0 Å². The van der Waals surface area contributed by atoms with Crippen LogP contribution in [0.15, 0.2) is 273 Å². The summed E-state index contributed by atoms with van der Waals surface area (Å²) in [6.07, 6.45) is 0. The summed E-state index contributed by atoms with van der Waals surface area (Å²) in [7, 11) is 0. The van der Waals surface area contributed by atoms with E-state index in [0.717, 1.165) is 50.3 Å². The zero-order chi connectivity index (χ0) is 53.2. The molecular weight excluding hydrogens is 983 g/mol. The van der Waals surface area contributed by atoms with Gasteiger partial charge in [-0.15, -0.1) is 0 Å². The summed E-state index contributed by atoms with van der Waals surface area (Å²) in [5, 5.41) is 0. The standard InChI is InChI=1S/C76H47N5/c1-4-21-46(22-5-1)72-77-67(45-68(78-72)55-31-11-10-27-51(55)60-34-20-35-61-54-30-16-19-38-66(54)76(71(60)61)64-36-17-14-28-52(64)53-29-15-18-37-65(53)76)49-39-41-58-62(43-49)69-56-32-12-13-33-57(56)70(58)63-44-50(40-42-59(63)69)75-80-73(47-23-6-2-7-24-47)79-74(81-75)48-25-8-3-9-26-48/h1-45,69-70H. The Hall–Kier alpha value is -10.5.